The van der Waals surface area contributed by atoms with Crippen LogP contribution in [-0.4, -0.2) is 41.4 Å². The van der Waals surface area contributed by atoms with Gasteiger partial charge in [0.2, 0.25) is 15.9 Å². The monoisotopic (exact) mass is 473 g/mol. The van der Waals surface area contributed by atoms with E-state index < -0.39 is 10.0 Å². The number of carbonyl (C=O) groups excluding carboxylic acids is 1. The third kappa shape index (κ3) is 6.18. The molecule has 0 fully saturated rings. The van der Waals surface area contributed by atoms with Gasteiger partial charge in [-0.3, -0.25) is 9.36 Å². The molecule has 2 aromatic carbocycles. The van der Waals surface area contributed by atoms with Crippen LogP contribution >= 0.6 is 11.8 Å². The van der Waals surface area contributed by atoms with Crippen LogP contribution in [0.25, 0.3) is 5.69 Å². The highest BCUT2D eigenvalue weighted by Gasteiger charge is 2.15. The van der Waals surface area contributed by atoms with Gasteiger partial charge in [0.25, 0.3) is 0 Å². The van der Waals surface area contributed by atoms with E-state index in [4.69, 9.17) is 0 Å². The summed E-state index contributed by atoms with van der Waals surface area (Å²) in [5.41, 5.74) is 3.70. The van der Waals surface area contributed by atoms with E-state index >= 15 is 0 Å². The molecule has 0 saturated carbocycles. The van der Waals surface area contributed by atoms with Crippen molar-refractivity contribution in [3.05, 3.63) is 59.9 Å². The van der Waals surface area contributed by atoms with Crippen LogP contribution in [0.2, 0.25) is 0 Å². The Morgan fingerprint density at radius 3 is 2.69 bits per heavy atom. The van der Waals surface area contributed by atoms with Crippen molar-refractivity contribution in [2.24, 2.45) is 0 Å². The maximum atomic E-state index is 12.5. The Kier molecular flexibility index (Phi) is 8.05. The molecule has 8 nitrogen and oxygen atoms in total. The van der Waals surface area contributed by atoms with Gasteiger partial charge in [-0.05, 0) is 61.7 Å². The predicted molar refractivity (Wildman–Crippen MR) is 127 cm³/mol. The van der Waals surface area contributed by atoms with Crippen LogP contribution in [0.5, 0.6) is 0 Å². The van der Waals surface area contributed by atoms with Crippen molar-refractivity contribution in [3.63, 3.8) is 0 Å². The normalized spacial score (nSPS) is 11.5. The second-order valence-electron chi connectivity index (χ2n) is 7.37. The van der Waals surface area contributed by atoms with E-state index in [1.165, 1.54) is 29.5 Å². The Morgan fingerprint density at radius 1 is 1.12 bits per heavy atom. The average molecular weight is 474 g/mol. The zero-order valence-corrected chi connectivity index (χ0v) is 20.0. The van der Waals surface area contributed by atoms with Crippen LogP contribution in [0.1, 0.15) is 30.9 Å². The Balaban J connectivity index is 1.63. The number of aromatic nitrogens is 3. The molecular formula is C22H27N5O3S2. The van der Waals surface area contributed by atoms with Gasteiger partial charge in [-0.15, -0.1) is 10.2 Å². The number of amides is 1. The first-order valence-corrected chi connectivity index (χ1v) is 12.8. The number of benzene rings is 2. The van der Waals surface area contributed by atoms with Crippen molar-refractivity contribution in [1.29, 1.82) is 0 Å². The van der Waals surface area contributed by atoms with Gasteiger partial charge in [-0.25, -0.2) is 13.1 Å². The van der Waals surface area contributed by atoms with Gasteiger partial charge in [0, 0.05) is 17.9 Å². The van der Waals surface area contributed by atoms with E-state index in [1.807, 2.05) is 43.5 Å². The largest absolute Gasteiger partial charge is 0.325 e. The van der Waals surface area contributed by atoms with Gasteiger partial charge in [0.1, 0.15) is 6.33 Å². The minimum absolute atomic E-state index is 0.106. The van der Waals surface area contributed by atoms with E-state index in [0.29, 0.717) is 17.4 Å². The zero-order valence-electron chi connectivity index (χ0n) is 18.3. The lowest BCUT2D eigenvalue weighted by Crippen LogP contribution is -2.25. The van der Waals surface area contributed by atoms with Crippen LogP contribution in [0.15, 0.2) is 58.8 Å². The summed E-state index contributed by atoms with van der Waals surface area (Å²) in [7, 11) is -3.61. The minimum atomic E-state index is -3.61. The molecule has 0 unspecified atom stereocenters. The number of carbonyl (C=O) groups is 1. The number of thioether (sulfide) groups is 1. The number of aryl methyl sites for hydroxylation is 2. The number of anilines is 1. The molecule has 0 aliphatic carbocycles. The summed E-state index contributed by atoms with van der Waals surface area (Å²) in [5, 5.41) is 11.4. The van der Waals surface area contributed by atoms with Gasteiger partial charge < -0.3 is 5.32 Å². The average Bonchev–Trinajstić information content (AvgIpc) is 3.23. The van der Waals surface area contributed by atoms with Crippen LogP contribution in [0, 0.1) is 13.8 Å². The summed E-state index contributed by atoms with van der Waals surface area (Å²) in [6, 6.07) is 12.3. The smallest absolute Gasteiger partial charge is 0.240 e. The summed E-state index contributed by atoms with van der Waals surface area (Å²) < 4.78 is 29.2. The number of hydrogen-bond acceptors (Lipinski definition) is 6. The summed E-state index contributed by atoms with van der Waals surface area (Å²) in [6.07, 6.45) is 3.28. The zero-order chi connectivity index (χ0) is 23.1. The molecule has 170 valence electrons. The van der Waals surface area contributed by atoms with Crippen molar-refractivity contribution in [2.45, 2.75) is 43.7 Å². The fraction of sp³-hybridized carbons (Fsp3) is 0.318. The number of sulfonamides is 1. The van der Waals surface area contributed by atoms with Gasteiger partial charge in [-0.1, -0.05) is 37.2 Å². The standard InChI is InChI=1S/C22H27N5O3S2/c1-4-5-11-24-32(29,30)20-8-6-7-18(13-20)25-21(28)14-31-22-26-23-15-27(22)19-10-9-16(2)17(3)12-19/h6-10,12-13,15,24H,4-5,11,14H2,1-3H3,(H,25,28). The quantitative estimate of drug-likeness (QED) is 0.344. The summed E-state index contributed by atoms with van der Waals surface area (Å²) in [4.78, 5) is 12.6. The van der Waals surface area contributed by atoms with Crippen molar-refractivity contribution in [3.8, 4) is 5.69 Å². The first-order chi connectivity index (χ1) is 15.3. The van der Waals surface area contributed by atoms with Gasteiger partial charge in [0.05, 0.1) is 10.6 Å². The molecule has 1 heterocycles. The fourth-order valence-corrected chi connectivity index (χ4v) is 4.76. The Bertz CT molecular complexity index is 1190. The van der Waals surface area contributed by atoms with Crippen molar-refractivity contribution in [1.82, 2.24) is 19.5 Å². The molecule has 0 atom stereocenters. The van der Waals surface area contributed by atoms with Crippen molar-refractivity contribution in [2.75, 3.05) is 17.6 Å². The molecule has 0 aliphatic rings. The topological polar surface area (TPSA) is 106 Å². The number of nitrogens with zero attached hydrogens (tertiary/aromatic N) is 3. The lowest BCUT2D eigenvalue weighted by Gasteiger charge is -2.10. The Hall–Kier alpha value is -2.69. The predicted octanol–water partition coefficient (Wildman–Crippen LogP) is 3.69. The molecular weight excluding hydrogens is 446 g/mol. The molecule has 0 bridgehead atoms. The highest BCUT2D eigenvalue weighted by Crippen LogP contribution is 2.22. The fourth-order valence-electron chi connectivity index (χ4n) is 2.91. The van der Waals surface area contributed by atoms with Gasteiger partial charge in [-0.2, -0.15) is 0 Å². The SMILES string of the molecule is CCCCNS(=O)(=O)c1cccc(NC(=O)CSc2nncn2-c2ccc(C)c(C)c2)c1. The number of rotatable bonds is 10. The number of unbranched alkanes of at least 4 members (excludes halogenated alkanes) is 1. The maximum absolute atomic E-state index is 12.5. The highest BCUT2D eigenvalue weighted by molar-refractivity contribution is 7.99. The van der Waals surface area contributed by atoms with Crippen LogP contribution < -0.4 is 10.0 Å². The van der Waals surface area contributed by atoms with E-state index in [2.05, 4.69) is 20.2 Å². The minimum Gasteiger partial charge on any atom is -0.325 e. The molecule has 3 rings (SSSR count). The molecule has 0 radical (unpaired) electrons. The van der Waals surface area contributed by atoms with Crippen molar-refractivity contribution >= 4 is 33.4 Å². The molecule has 1 amide bonds. The van der Waals surface area contributed by atoms with Crippen LogP contribution in [0.3, 0.4) is 0 Å². The van der Waals surface area contributed by atoms with Gasteiger partial charge in [0.15, 0.2) is 5.16 Å². The molecule has 2 N–H and O–H groups in total. The molecule has 10 heteroatoms. The van der Waals surface area contributed by atoms with Crippen LogP contribution in [-0.2, 0) is 14.8 Å². The highest BCUT2D eigenvalue weighted by atomic mass is 32.2. The third-order valence-corrected chi connectivity index (χ3v) is 7.27. The van der Waals surface area contributed by atoms with Crippen molar-refractivity contribution < 1.29 is 13.2 Å². The molecule has 3 aromatic rings. The van der Waals surface area contributed by atoms with Crippen LogP contribution in [0.4, 0.5) is 5.69 Å². The first-order valence-electron chi connectivity index (χ1n) is 10.3. The molecule has 32 heavy (non-hydrogen) atoms. The molecule has 0 saturated heterocycles. The third-order valence-electron chi connectivity index (χ3n) is 4.87. The Labute approximate surface area is 192 Å². The number of hydrogen-bond donors (Lipinski definition) is 2. The van der Waals surface area contributed by atoms with E-state index in [0.717, 1.165) is 24.1 Å². The summed E-state index contributed by atoms with van der Waals surface area (Å²) in [5.74, 6) is -0.159. The second kappa shape index (κ2) is 10.8. The first kappa shape index (κ1) is 24.0. The lowest BCUT2D eigenvalue weighted by molar-refractivity contribution is -0.113. The molecule has 0 aliphatic heterocycles. The maximum Gasteiger partial charge on any atom is 0.240 e. The van der Waals surface area contributed by atoms with E-state index in [-0.39, 0.29) is 16.6 Å². The second-order valence-corrected chi connectivity index (χ2v) is 10.1. The summed E-state index contributed by atoms with van der Waals surface area (Å²) >= 11 is 1.26. The summed E-state index contributed by atoms with van der Waals surface area (Å²) in [6.45, 7) is 6.46. The van der Waals surface area contributed by atoms with E-state index in [1.54, 1.807) is 18.5 Å². The number of nitrogens with one attached hydrogen (secondary N) is 2. The molecule has 1 aromatic heterocycles. The molecule has 0 spiro atoms. The van der Waals surface area contributed by atoms with E-state index in [9.17, 15) is 13.2 Å². The lowest BCUT2D eigenvalue weighted by atomic mass is 10.1. The van der Waals surface area contributed by atoms with Gasteiger partial charge >= 0.3 is 0 Å². The Morgan fingerprint density at radius 2 is 1.94 bits per heavy atom.